The van der Waals surface area contributed by atoms with Crippen molar-refractivity contribution in [3.8, 4) is 0 Å². The van der Waals surface area contributed by atoms with Crippen LogP contribution >= 0.6 is 0 Å². The quantitative estimate of drug-likeness (QED) is 0.876. The van der Waals surface area contributed by atoms with Crippen LogP contribution in [0.1, 0.15) is 28.4 Å². The molecule has 100 valence electrons. The Morgan fingerprint density at radius 2 is 1.47 bits per heavy atom. The molecule has 4 heteroatoms. The topological polar surface area (TPSA) is 20.2 Å². The molecule has 19 heavy (non-hydrogen) atoms. The molecule has 0 saturated heterocycles. The van der Waals surface area contributed by atoms with Gasteiger partial charge < -0.3 is 5.11 Å². The number of rotatable bonds is 2. The van der Waals surface area contributed by atoms with Crippen LogP contribution in [-0.2, 0) is 0 Å². The van der Waals surface area contributed by atoms with Crippen LogP contribution in [0, 0.1) is 31.3 Å². The van der Waals surface area contributed by atoms with Gasteiger partial charge in [-0.3, -0.25) is 0 Å². The molecular formula is C15H13F3O. The monoisotopic (exact) mass is 266 g/mol. The average Bonchev–Trinajstić information content (AvgIpc) is 2.33. The molecule has 0 heterocycles. The Hall–Kier alpha value is -1.81. The Morgan fingerprint density at radius 1 is 0.842 bits per heavy atom. The molecule has 2 aromatic carbocycles. The van der Waals surface area contributed by atoms with E-state index in [2.05, 4.69) is 0 Å². The van der Waals surface area contributed by atoms with Crippen LogP contribution in [0.4, 0.5) is 13.2 Å². The van der Waals surface area contributed by atoms with Gasteiger partial charge in [0.05, 0.1) is 0 Å². The summed E-state index contributed by atoms with van der Waals surface area (Å²) in [6, 6.07) is 6.16. The highest BCUT2D eigenvalue weighted by molar-refractivity contribution is 5.35. The van der Waals surface area contributed by atoms with Crippen LogP contribution in [0.5, 0.6) is 0 Å². The zero-order valence-electron chi connectivity index (χ0n) is 10.5. The molecule has 1 atom stereocenters. The SMILES string of the molecule is Cc1ccc(C(O)c2cc(C)c(F)cc2F)c(F)c1. The lowest BCUT2D eigenvalue weighted by molar-refractivity contribution is 0.209. The maximum Gasteiger partial charge on any atom is 0.132 e. The molecule has 1 N–H and O–H groups in total. The largest absolute Gasteiger partial charge is 0.383 e. The minimum Gasteiger partial charge on any atom is -0.383 e. The van der Waals surface area contributed by atoms with E-state index in [1.165, 1.54) is 25.1 Å². The first kappa shape index (κ1) is 13.6. The molecule has 1 nitrogen and oxygen atoms in total. The van der Waals surface area contributed by atoms with E-state index in [0.717, 1.165) is 0 Å². The van der Waals surface area contributed by atoms with Gasteiger partial charge in [-0.2, -0.15) is 0 Å². The summed E-state index contributed by atoms with van der Waals surface area (Å²) in [4.78, 5) is 0. The van der Waals surface area contributed by atoms with E-state index in [1.807, 2.05) is 0 Å². The van der Waals surface area contributed by atoms with Crippen molar-refractivity contribution in [1.29, 1.82) is 0 Å². The van der Waals surface area contributed by atoms with E-state index in [9.17, 15) is 18.3 Å². The first-order valence-electron chi connectivity index (χ1n) is 5.80. The number of halogens is 3. The van der Waals surface area contributed by atoms with Crippen LogP contribution in [0.15, 0.2) is 30.3 Å². The molecule has 0 bridgehead atoms. The zero-order valence-corrected chi connectivity index (χ0v) is 10.5. The zero-order chi connectivity index (χ0) is 14.2. The lowest BCUT2D eigenvalue weighted by atomic mass is 9.98. The van der Waals surface area contributed by atoms with E-state index in [4.69, 9.17) is 0 Å². The Labute approximate surface area is 109 Å². The van der Waals surface area contributed by atoms with Crippen LogP contribution in [0.3, 0.4) is 0 Å². The van der Waals surface area contributed by atoms with Gasteiger partial charge in [0.15, 0.2) is 0 Å². The van der Waals surface area contributed by atoms with Crippen molar-refractivity contribution in [2.24, 2.45) is 0 Å². The molecule has 2 aromatic rings. The van der Waals surface area contributed by atoms with Gasteiger partial charge in [-0.05, 0) is 37.1 Å². The molecular weight excluding hydrogens is 253 g/mol. The number of hydrogen-bond acceptors (Lipinski definition) is 1. The van der Waals surface area contributed by atoms with E-state index >= 15 is 0 Å². The smallest absolute Gasteiger partial charge is 0.132 e. The number of hydrogen-bond donors (Lipinski definition) is 1. The molecule has 2 rings (SSSR count). The molecule has 0 amide bonds. The normalized spacial score (nSPS) is 12.5. The van der Waals surface area contributed by atoms with Crippen molar-refractivity contribution in [3.63, 3.8) is 0 Å². The number of aliphatic hydroxyl groups excluding tert-OH is 1. The lowest BCUT2D eigenvalue weighted by Gasteiger charge is -2.14. The van der Waals surface area contributed by atoms with E-state index in [1.54, 1.807) is 13.0 Å². The van der Waals surface area contributed by atoms with Gasteiger partial charge >= 0.3 is 0 Å². The minimum atomic E-state index is -1.46. The number of aliphatic hydroxyl groups is 1. The third-order valence-electron chi connectivity index (χ3n) is 3.02. The Kier molecular flexibility index (Phi) is 3.62. The maximum atomic E-state index is 13.7. The van der Waals surface area contributed by atoms with Crippen molar-refractivity contribution < 1.29 is 18.3 Å². The van der Waals surface area contributed by atoms with Gasteiger partial charge in [-0.25, -0.2) is 13.2 Å². The lowest BCUT2D eigenvalue weighted by Crippen LogP contribution is -2.06. The Bertz CT molecular complexity index is 623. The van der Waals surface area contributed by atoms with Gasteiger partial charge in [0.2, 0.25) is 0 Å². The Morgan fingerprint density at radius 3 is 2.11 bits per heavy atom. The second-order valence-corrected chi connectivity index (χ2v) is 4.55. The third-order valence-corrected chi connectivity index (χ3v) is 3.02. The van der Waals surface area contributed by atoms with Crippen molar-refractivity contribution in [2.75, 3.05) is 0 Å². The molecule has 0 aliphatic heterocycles. The fourth-order valence-corrected chi connectivity index (χ4v) is 1.91. The minimum absolute atomic E-state index is 0.0319. The molecule has 1 unspecified atom stereocenters. The summed E-state index contributed by atoms with van der Waals surface area (Å²) >= 11 is 0. The Balaban J connectivity index is 2.49. The summed E-state index contributed by atoms with van der Waals surface area (Å²) in [6.07, 6.45) is -1.46. The van der Waals surface area contributed by atoms with Crippen molar-refractivity contribution in [2.45, 2.75) is 20.0 Å². The molecule has 0 saturated carbocycles. The molecule has 0 aliphatic carbocycles. The van der Waals surface area contributed by atoms with Crippen molar-refractivity contribution in [3.05, 3.63) is 70.0 Å². The van der Waals surface area contributed by atoms with Crippen LogP contribution < -0.4 is 0 Å². The van der Waals surface area contributed by atoms with Crippen molar-refractivity contribution >= 4 is 0 Å². The van der Waals surface area contributed by atoms with Crippen LogP contribution in [0.25, 0.3) is 0 Å². The molecule has 0 radical (unpaired) electrons. The highest BCUT2D eigenvalue weighted by Crippen LogP contribution is 2.28. The molecule has 0 aliphatic rings. The van der Waals surface area contributed by atoms with Gasteiger partial charge in [-0.1, -0.05) is 12.1 Å². The standard InChI is InChI=1S/C15H13F3O/c1-8-3-4-10(13(17)5-8)15(19)11-6-9(2)12(16)7-14(11)18/h3-7,15,19H,1-2H3. The summed E-state index contributed by atoms with van der Waals surface area (Å²) < 4.78 is 40.6. The first-order chi connectivity index (χ1) is 8.90. The van der Waals surface area contributed by atoms with E-state index in [-0.39, 0.29) is 16.7 Å². The van der Waals surface area contributed by atoms with Crippen molar-refractivity contribution in [1.82, 2.24) is 0 Å². The number of aryl methyl sites for hydroxylation is 2. The summed E-state index contributed by atoms with van der Waals surface area (Å²) in [5.74, 6) is -2.21. The summed E-state index contributed by atoms with van der Waals surface area (Å²) in [6.45, 7) is 3.17. The van der Waals surface area contributed by atoms with Gasteiger partial charge in [0.25, 0.3) is 0 Å². The number of benzene rings is 2. The predicted octanol–water partition coefficient (Wildman–Crippen LogP) is 3.80. The van der Waals surface area contributed by atoms with Gasteiger partial charge in [-0.15, -0.1) is 0 Å². The summed E-state index contributed by atoms with van der Waals surface area (Å²) in [5.41, 5.74) is 0.726. The first-order valence-corrected chi connectivity index (χ1v) is 5.80. The third kappa shape index (κ3) is 2.63. The highest BCUT2D eigenvalue weighted by atomic mass is 19.1. The van der Waals surface area contributed by atoms with Crippen LogP contribution in [0.2, 0.25) is 0 Å². The fourth-order valence-electron chi connectivity index (χ4n) is 1.91. The van der Waals surface area contributed by atoms with E-state index < -0.39 is 23.6 Å². The molecule has 0 fully saturated rings. The van der Waals surface area contributed by atoms with Crippen LogP contribution in [-0.4, -0.2) is 5.11 Å². The van der Waals surface area contributed by atoms with Gasteiger partial charge in [0, 0.05) is 17.2 Å². The summed E-state index contributed by atoms with van der Waals surface area (Å²) in [5, 5.41) is 10.1. The maximum absolute atomic E-state index is 13.7. The second-order valence-electron chi connectivity index (χ2n) is 4.55. The summed E-state index contributed by atoms with van der Waals surface area (Å²) in [7, 11) is 0. The average molecular weight is 266 g/mol. The predicted molar refractivity (Wildman–Crippen MR) is 66.3 cm³/mol. The molecule has 0 aromatic heterocycles. The van der Waals surface area contributed by atoms with E-state index in [0.29, 0.717) is 11.6 Å². The highest BCUT2D eigenvalue weighted by Gasteiger charge is 2.20. The second kappa shape index (κ2) is 5.05. The fraction of sp³-hybridized carbons (Fsp3) is 0.200. The molecule has 0 spiro atoms. The van der Waals surface area contributed by atoms with Gasteiger partial charge in [0.1, 0.15) is 23.6 Å².